The zero-order valence-corrected chi connectivity index (χ0v) is 10.6. The highest BCUT2D eigenvalue weighted by Gasteiger charge is 2.16. The molecule has 2 aromatic rings. The largest absolute Gasteiger partial charge is 0.364 e. The monoisotopic (exact) mass is 264 g/mol. The average Bonchev–Trinajstić information content (AvgIpc) is 3.02. The van der Waals surface area contributed by atoms with E-state index in [0.29, 0.717) is 4.88 Å². The van der Waals surface area contributed by atoms with Crippen LogP contribution in [0.25, 0.3) is 0 Å². The average molecular weight is 264 g/mol. The van der Waals surface area contributed by atoms with Crippen molar-refractivity contribution in [2.45, 2.75) is 19.4 Å². The first-order valence-electron chi connectivity index (χ1n) is 5.45. The van der Waals surface area contributed by atoms with Crippen molar-refractivity contribution in [2.75, 3.05) is 0 Å². The van der Waals surface area contributed by atoms with E-state index in [1.165, 1.54) is 23.7 Å². The van der Waals surface area contributed by atoms with Crippen molar-refractivity contribution in [3.05, 3.63) is 40.4 Å². The third kappa shape index (κ3) is 3.04. The minimum absolute atomic E-state index is 0.0259. The van der Waals surface area contributed by atoms with Gasteiger partial charge in [0, 0.05) is 18.5 Å². The van der Waals surface area contributed by atoms with Crippen LogP contribution in [0.3, 0.4) is 0 Å². The van der Waals surface area contributed by atoms with E-state index < -0.39 is 0 Å². The Kier molecular flexibility index (Phi) is 3.88. The summed E-state index contributed by atoms with van der Waals surface area (Å²) in [6, 6.07) is 4.84. The molecular weight excluding hydrogens is 252 g/mol. The van der Waals surface area contributed by atoms with Crippen molar-refractivity contribution in [3.63, 3.8) is 0 Å². The fourth-order valence-corrected chi connectivity index (χ4v) is 2.17. The molecule has 2 heterocycles. The second kappa shape index (κ2) is 5.59. The van der Waals surface area contributed by atoms with Crippen LogP contribution in [0.2, 0.25) is 0 Å². The maximum atomic E-state index is 11.8. The van der Waals surface area contributed by atoms with Crippen LogP contribution in [0.5, 0.6) is 0 Å². The molecule has 0 unspecified atom stereocenters. The van der Waals surface area contributed by atoms with Gasteiger partial charge in [0.15, 0.2) is 11.5 Å². The molecule has 0 spiro atoms. The summed E-state index contributed by atoms with van der Waals surface area (Å²) in [5.74, 6) is -0.312. The molecule has 94 valence electrons. The predicted octanol–water partition coefficient (Wildman–Crippen LogP) is 2.13. The normalized spacial score (nSPS) is 12.1. The molecule has 6 heteroatoms. The maximum absolute atomic E-state index is 11.8. The fraction of sp³-hybridized carbons (Fsp3) is 0.250. The number of carbonyl (C=O) groups excluding carboxylic acids is 2. The molecular formula is C12H12N2O3S. The summed E-state index contributed by atoms with van der Waals surface area (Å²) >= 11 is 1.40. The Hall–Kier alpha value is -1.95. The molecule has 0 aromatic carbocycles. The van der Waals surface area contributed by atoms with Crippen LogP contribution in [0, 0.1) is 0 Å². The Morgan fingerprint density at radius 2 is 2.33 bits per heavy atom. The van der Waals surface area contributed by atoms with Gasteiger partial charge in [-0.1, -0.05) is 11.2 Å². The molecule has 0 radical (unpaired) electrons. The third-order valence-electron chi connectivity index (χ3n) is 2.34. The minimum Gasteiger partial charge on any atom is -0.364 e. The van der Waals surface area contributed by atoms with Gasteiger partial charge in [-0.15, -0.1) is 11.3 Å². The van der Waals surface area contributed by atoms with Crippen LogP contribution >= 0.6 is 11.3 Å². The van der Waals surface area contributed by atoms with E-state index in [9.17, 15) is 9.59 Å². The smallest absolute Gasteiger partial charge is 0.273 e. The van der Waals surface area contributed by atoms with Crippen LogP contribution in [0.1, 0.15) is 33.5 Å². The van der Waals surface area contributed by atoms with Crippen molar-refractivity contribution in [1.82, 2.24) is 10.5 Å². The highest BCUT2D eigenvalue weighted by Crippen LogP contribution is 2.12. The molecule has 1 atom stereocenters. The Morgan fingerprint density at radius 1 is 1.50 bits per heavy atom. The van der Waals surface area contributed by atoms with Crippen molar-refractivity contribution >= 4 is 23.0 Å². The molecule has 0 fully saturated rings. The zero-order valence-electron chi connectivity index (χ0n) is 9.75. The summed E-state index contributed by atoms with van der Waals surface area (Å²) in [5, 5.41) is 8.08. The highest BCUT2D eigenvalue weighted by atomic mass is 32.1. The summed E-state index contributed by atoms with van der Waals surface area (Å²) in [7, 11) is 0. The van der Waals surface area contributed by atoms with Crippen molar-refractivity contribution < 1.29 is 14.1 Å². The number of rotatable bonds is 5. The van der Waals surface area contributed by atoms with E-state index in [1.807, 2.05) is 11.4 Å². The van der Waals surface area contributed by atoms with Gasteiger partial charge in [0.2, 0.25) is 0 Å². The molecule has 1 N–H and O–H groups in total. The molecule has 1 amide bonds. The van der Waals surface area contributed by atoms with E-state index >= 15 is 0 Å². The van der Waals surface area contributed by atoms with Gasteiger partial charge < -0.3 is 9.84 Å². The lowest BCUT2D eigenvalue weighted by Crippen LogP contribution is -2.34. The number of nitrogens with one attached hydrogen (secondary N) is 1. The molecule has 0 aliphatic rings. The topological polar surface area (TPSA) is 72.2 Å². The molecule has 0 saturated heterocycles. The molecule has 5 nitrogen and oxygen atoms in total. The molecule has 0 saturated carbocycles. The number of hydrogen-bond donors (Lipinski definition) is 1. The predicted molar refractivity (Wildman–Crippen MR) is 66.7 cm³/mol. The SMILES string of the molecule is C[C@@H](CC(=O)c1cccs1)NC(=O)c1ccon1. The molecule has 0 aliphatic carbocycles. The van der Waals surface area contributed by atoms with Crippen LogP contribution in [-0.2, 0) is 0 Å². The van der Waals surface area contributed by atoms with Gasteiger partial charge in [-0.2, -0.15) is 0 Å². The first-order chi connectivity index (χ1) is 8.66. The second-order valence-electron chi connectivity index (χ2n) is 3.86. The van der Waals surface area contributed by atoms with Crippen LogP contribution in [-0.4, -0.2) is 22.9 Å². The molecule has 18 heavy (non-hydrogen) atoms. The lowest BCUT2D eigenvalue weighted by atomic mass is 10.1. The van der Waals surface area contributed by atoms with Crippen molar-refractivity contribution in [2.24, 2.45) is 0 Å². The Bertz CT molecular complexity index is 471. The lowest BCUT2D eigenvalue weighted by molar-refractivity contribution is 0.0912. The summed E-state index contributed by atoms with van der Waals surface area (Å²) in [6.45, 7) is 1.78. The van der Waals surface area contributed by atoms with Gasteiger partial charge in [0.1, 0.15) is 6.26 Å². The van der Waals surface area contributed by atoms with E-state index in [-0.39, 0.29) is 29.8 Å². The van der Waals surface area contributed by atoms with Gasteiger partial charge in [-0.05, 0) is 18.4 Å². The summed E-state index contributed by atoms with van der Waals surface area (Å²) in [6.07, 6.45) is 1.60. The van der Waals surface area contributed by atoms with Gasteiger partial charge in [-0.3, -0.25) is 9.59 Å². The lowest BCUT2D eigenvalue weighted by Gasteiger charge is -2.11. The quantitative estimate of drug-likeness (QED) is 0.840. The van der Waals surface area contributed by atoms with Crippen molar-refractivity contribution in [3.8, 4) is 0 Å². The number of Topliss-reactive ketones (excluding diaryl/α,β-unsaturated/α-hetero) is 1. The van der Waals surface area contributed by atoms with Gasteiger partial charge >= 0.3 is 0 Å². The summed E-state index contributed by atoms with van der Waals surface area (Å²) in [4.78, 5) is 24.2. The number of carbonyl (C=O) groups is 2. The first kappa shape index (κ1) is 12.5. The summed E-state index contributed by atoms with van der Waals surface area (Å²) in [5.41, 5.74) is 0.213. The molecule has 2 aromatic heterocycles. The number of nitrogens with zero attached hydrogens (tertiary/aromatic N) is 1. The zero-order chi connectivity index (χ0) is 13.0. The number of aromatic nitrogens is 1. The van der Waals surface area contributed by atoms with E-state index in [1.54, 1.807) is 13.0 Å². The standard InChI is InChI=1S/C12H12N2O3S/c1-8(7-10(15)11-3-2-6-18-11)13-12(16)9-4-5-17-14-9/h2-6,8H,7H2,1H3,(H,13,16)/t8-/m0/s1. The molecule has 0 aliphatic heterocycles. The second-order valence-corrected chi connectivity index (χ2v) is 4.81. The maximum Gasteiger partial charge on any atom is 0.273 e. The summed E-state index contributed by atoms with van der Waals surface area (Å²) < 4.78 is 4.58. The Balaban J connectivity index is 1.87. The van der Waals surface area contributed by atoms with E-state index in [2.05, 4.69) is 15.0 Å². The minimum atomic E-state index is -0.338. The van der Waals surface area contributed by atoms with Gasteiger partial charge in [0.05, 0.1) is 4.88 Å². The van der Waals surface area contributed by atoms with Crippen LogP contribution in [0.15, 0.2) is 34.4 Å². The molecule has 2 rings (SSSR count). The van der Waals surface area contributed by atoms with Gasteiger partial charge in [-0.25, -0.2) is 0 Å². The molecule has 0 bridgehead atoms. The van der Waals surface area contributed by atoms with Crippen molar-refractivity contribution in [1.29, 1.82) is 0 Å². The first-order valence-corrected chi connectivity index (χ1v) is 6.32. The Labute approximate surface area is 108 Å². The Morgan fingerprint density at radius 3 is 2.94 bits per heavy atom. The number of hydrogen-bond acceptors (Lipinski definition) is 5. The third-order valence-corrected chi connectivity index (χ3v) is 3.25. The number of amides is 1. The van der Waals surface area contributed by atoms with Gasteiger partial charge in [0.25, 0.3) is 5.91 Å². The number of ketones is 1. The fourth-order valence-electron chi connectivity index (χ4n) is 1.49. The highest BCUT2D eigenvalue weighted by molar-refractivity contribution is 7.12. The number of thiophene rings is 1. The van der Waals surface area contributed by atoms with E-state index in [4.69, 9.17) is 0 Å². The van der Waals surface area contributed by atoms with Crippen LogP contribution < -0.4 is 5.32 Å². The van der Waals surface area contributed by atoms with Crippen LogP contribution in [0.4, 0.5) is 0 Å². The van der Waals surface area contributed by atoms with E-state index in [0.717, 1.165) is 0 Å².